The van der Waals surface area contributed by atoms with Gasteiger partial charge in [0, 0.05) is 16.3 Å². The Hall–Kier alpha value is -3.64. The summed E-state index contributed by atoms with van der Waals surface area (Å²) in [5, 5.41) is 15.1. The number of carbonyl (C=O) groups excluding carboxylic acids is 1. The first-order valence-electron chi connectivity index (χ1n) is 8.49. The van der Waals surface area contributed by atoms with Gasteiger partial charge in [-0.05, 0) is 59.3 Å². The van der Waals surface area contributed by atoms with Gasteiger partial charge < -0.3 is 15.2 Å². The molecule has 5 nitrogen and oxygen atoms in total. The number of carboxylic acids is 1. The molecule has 0 atom stereocenters. The van der Waals surface area contributed by atoms with Gasteiger partial charge in [0.2, 0.25) is 0 Å². The van der Waals surface area contributed by atoms with Gasteiger partial charge in [0.05, 0.1) is 11.3 Å². The number of benzene rings is 3. The second-order valence-corrected chi connectivity index (χ2v) is 7.00. The largest absolute Gasteiger partial charge is 0.478 e. The van der Waals surface area contributed by atoms with Gasteiger partial charge in [0.25, 0.3) is 5.91 Å². The van der Waals surface area contributed by atoms with Crippen molar-refractivity contribution in [2.75, 3.05) is 5.32 Å². The summed E-state index contributed by atoms with van der Waals surface area (Å²) in [4.78, 5) is 24.2. The molecule has 0 aliphatic carbocycles. The Kier molecular flexibility index (Phi) is 4.78. The fourth-order valence-corrected chi connectivity index (χ4v) is 3.57. The molecule has 2 N–H and O–H groups in total. The van der Waals surface area contributed by atoms with Crippen molar-refractivity contribution in [1.29, 1.82) is 0 Å². The molecule has 0 aliphatic heterocycles. The number of para-hydroxylation sites is 1. The van der Waals surface area contributed by atoms with Gasteiger partial charge in [-0.15, -0.1) is 11.3 Å². The van der Waals surface area contributed by atoms with Crippen LogP contribution in [0.25, 0.3) is 10.1 Å². The van der Waals surface area contributed by atoms with Gasteiger partial charge in [-0.2, -0.15) is 0 Å². The average Bonchev–Trinajstić information content (AvgIpc) is 3.16. The van der Waals surface area contributed by atoms with Crippen LogP contribution in [0, 0.1) is 0 Å². The number of carboxylic acid groups (broad SMARTS) is 1. The van der Waals surface area contributed by atoms with E-state index in [2.05, 4.69) is 5.32 Å². The van der Waals surface area contributed by atoms with E-state index in [1.807, 2.05) is 35.7 Å². The van der Waals surface area contributed by atoms with E-state index in [-0.39, 0.29) is 17.2 Å². The Bertz CT molecular complexity index is 1170. The Morgan fingerprint density at radius 1 is 0.893 bits per heavy atom. The highest BCUT2D eigenvalue weighted by Crippen LogP contribution is 2.28. The first-order valence-corrected chi connectivity index (χ1v) is 9.37. The molecule has 1 amide bonds. The number of hydrogen-bond acceptors (Lipinski definition) is 4. The second-order valence-electron chi connectivity index (χ2n) is 6.05. The quantitative estimate of drug-likeness (QED) is 0.463. The number of nitrogens with one attached hydrogen (secondary N) is 1. The van der Waals surface area contributed by atoms with Crippen molar-refractivity contribution in [1.82, 2.24) is 0 Å². The first kappa shape index (κ1) is 17.8. The molecule has 0 bridgehead atoms. The molecule has 0 fully saturated rings. The lowest BCUT2D eigenvalue weighted by molar-refractivity contribution is 0.0698. The molecule has 0 aliphatic rings. The lowest BCUT2D eigenvalue weighted by Gasteiger charge is -2.12. The van der Waals surface area contributed by atoms with Crippen molar-refractivity contribution in [3.05, 3.63) is 89.3 Å². The third kappa shape index (κ3) is 3.72. The van der Waals surface area contributed by atoms with Gasteiger partial charge >= 0.3 is 5.97 Å². The minimum Gasteiger partial charge on any atom is -0.478 e. The summed E-state index contributed by atoms with van der Waals surface area (Å²) in [5.74, 6) is -0.465. The van der Waals surface area contributed by atoms with Crippen LogP contribution in [0.4, 0.5) is 5.69 Å². The van der Waals surface area contributed by atoms with Crippen LogP contribution in [0.15, 0.2) is 78.2 Å². The van der Waals surface area contributed by atoms with Crippen LogP contribution in [0.5, 0.6) is 11.5 Å². The van der Waals surface area contributed by atoms with Crippen molar-refractivity contribution in [3.63, 3.8) is 0 Å². The molecular formula is C22H15NO4S. The molecule has 0 radical (unpaired) electrons. The Labute approximate surface area is 164 Å². The van der Waals surface area contributed by atoms with Crippen LogP contribution in [0.3, 0.4) is 0 Å². The lowest BCUT2D eigenvalue weighted by Crippen LogP contribution is -2.14. The average molecular weight is 389 g/mol. The van der Waals surface area contributed by atoms with Crippen molar-refractivity contribution in [2.45, 2.75) is 0 Å². The van der Waals surface area contributed by atoms with E-state index < -0.39 is 5.97 Å². The zero-order chi connectivity index (χ0) is 19.5. The monoisotopic (exact) mass is 389 g/mol. The van der Waals surface area contributed by atoms with E-state index in [0.717, 1.165) is 10.1 Å². The van der Waals surface area contributed by atoms with Crippen LogP contribution in [-0.4, -0.2) is 17.0 Å². The van der Waals surface area contributed by atoms with E-state index >= 15 is 0 Å². The van der Waals surface area contributed by atoms with Crippen LogP contribution in [0.2, 0.25) is 0 Å². The van der Waals surface area contributed by atoms with Gasteiger partial charge in [0.15, 0.2) is 0 Å². The molecule has 0 saturated carbocycles. The fourth-order valence-electron chi connectivity index (χ4n) is 2.80. The molecule has 4 aromatic rings. The molecular weight excluding hydrogens is 374 g/mol. The Morgan fingerprint density at radius 2 is 1.71 bits per heavy atom. The maximum absolute atomic E-state index is 12.7. The number of thiophene rings is 1. The normalized spacial score (nSPS) is 10.6. The number of carbonyl (C=O) groups is 2. The Morgan fingerprint density at radius 3 is 2.50 bits per heavy atom. The third-order valence-electron chi connectivity index (χ3n) is 4.16. The summed E-state index contributed by atoms with van der Waals surface area (Å²) < 4.78 is 6.83. The maximum Gasteiger partial charge on any atom is 0.337 e. The highest BCUT2D eigenvalue weighted by Gasteiger charge is 2.15. The number of amides is 1. The molecule has 0 saturated heterocycles. The van der Waals surface area contributed by atoms with E-state index in [0.29, 0.717) is 17.1 Å². The predicted octanol–water partition coefficient (Wildman–Crippen LogP) is 5.64. The second kappa shape index (κ2) is 7.54. The number of ether oxygens (including phenoxy) is 1. The highest BCUT2D eigenvalue weighted by atomic mass is 32.1. The lowest BCUT2D eigenvalue weighted by atomic mass is 10.1. The highest BCUT2D eigenvalue weighted by molar-refractivity contribution is 7.17. The minimum absolute atomic E-state index is 0.00891. The fraction of sp³-hybridized carbons (Fsp3) is 0. The molecule has 1 heterocycles. The number of rotatable bonds is 5. The summed E-state index contributed by atoms with van der Waals surface area (Å²) in [5.41, 5.74) is 0.623. The van der Waals surface area contributed by atoms with Gasteiger partial charge in [0.1, 0.15) is 11.5 Å². The molecule has 0 unspecified atom stereocenters. The standard InChI is InChI=1S/C22H15NO4S/c24-21(15-6-9-20-14(12-15)10-11-28-20)23-19-13-17(7-8-18(19)22(25)26)27-16-4-2-1-3-5-16/h1-13H,(H,23,24)(H,25,26). The summed E-state index contributed by atoms with van der Waals surface area (Å²) in [6, 6.07) is 20.9. The summed E-state index contributed by atoms with van der Waals surface area (Å²) in [6.45, 7) is 0. The van der Waals surface area contributed by atoms with Crippen LogP contribution < -0.4 is 10.1 Å². The molecule has 1 aromatic heterocycles. The van der Waals surface area contributed by atoms with E-state index in [9.17, 15) is 14.7 Å². The van der Waals surface area contributed by atoms with Crippen molar-refractivity contribution < 1.29 is 19.4 Å². The summed E-state index contributed by atoms with van der Waals surface area (Å²) in [7, 11) is 0. The molecule has 0 spiro atoms. The smallest absolute Gasteiger partial charge is 0.337 e. The maximum atomic E-state index is 12.7. The van der Waals surface area contributed by atoms with Gasteiger partial charge in [-0.1, -0.05) is 18.2 Å². The predicted molar refractivity (Wildman–Crippen MR) is 110 cm³/mol. The topological polar surface area (TPSA) is 75.6 Å². The minimum atomic E-state index is -1.13. The zero-order valence-corrected chi connectivity index (χ0v) is 15.4. The van der Waals surface area contributed by atoms with Crippen LogP contribution in [-0.2, 0) is 0 Å². The van der Waals surface area contributed by atoms with Gasteiger partial charge in [-0.25, -0.2) is 4.79 Å². The Balaban J connectivity index is 1.63. The molecule has 138 valence electrons. The molecule has 3 aromatic carbocycles. The van der Waals surface area contributed by atoms with Gasteiger partial charge in [-0.3, -0.25) is 4.79 Å². The summed E-state index contributed by atoms with van der Waals surface area (Å²) in [6.07, 6.45) is 0. The van der Waals surface area contributed by atoms with Crippen molar-refractivity contribution in [2.24, 2.45) is 0 Å². The zero-order valence-electron chi connectivity index (χ0n) is 14.6. The van der Waals surface area contributed by atoms with Crippen molar-refractivity contribution in [3.8, 4) is 11.5 Å². The van der Waals surface area contributed by atoms with E-state index in [1.54, 1.807) is 41.7 Å². The SMILES string of the molecule is O=C(Nc1cc(Oc2ccccc2)ccc1C(=O)O)c1ccc2sccc2c1. The van der Waals surface area contributed by atoms with E-state index in [4.69, 9.17) is 4.74 Å². The number of aromatic carboxylic acids is 1. The third-order valence-corrected chi connectivity index (χ3v) is 5.06. The molecule has 28 heavy (non-hydrogen) atoms. The summed E-state index contributed by atoms with van der Waals surface area (Å²) >= 11 is 1.59. The van der Waals surface area contributed by atoms with Crippen LogP contribution in [0.1, 0.15) is 20.7 Å². The van der Waals surface area contributed by atoms with Crippen LogP contribution >= 0.6 is 11.3 Å². The number of hydrogen-bond donors (Lipinski definition) is 2. The number of fused-ring (bicyclic) bond motifs is 1. The van der Waals surface area contributed by atoms with Crippen molar-refractivity contribution >= 4 is 39.0 Å². The molecule has 4 rings (SSSR count). The first-order chi connectivity index (χ1) is 13.6. The number of anilines is 1. The molecule has 6 heteroatoms. The van der Waals surface area contributed by atoms with E-state index in [1.165, 1.54) is 12.1 Å².